The minimum Gasteiger partial charge on any atom is -0.506 e. The smallest absolute Gasteiger partial charge is 0.267 e. The Morgan fingerprint density at radius 3 is 2.55 bits per heavy atom. The number of phenolic OH excluding ortho intramolecular Hbond substituents is 1. The molecule has 0 amide bonds. The van der Waals surface area contributed by atoms with Crippen molar-refractivity contribution < 1.29 is 19.3 Å². The fourth-order valence-electron chi connectivity index (χ4n) is 3.92. The molecule has 33 heavy (non-hydrogen) atoms. The van der Waals surface area contributed by atoms with E-state index in [-0.39, 0.29) is 45.7 Å². The van der Waals surface area contributed by atoms with E-state index in [0.29, 0.717) is 10.9 Å². The molecule has 1 aliphatic rings. The molecule has 5 rings (SSSR count). The van der Waals surface area contributed by atoms with Gasteiger partial charge in [0, 0.05) is 6.20 Å². The van der Waals surface area contributed by atoms with E-state index in [1.165, 1.54) is 16.8 Å². The molecule has 0 saturated carbocycles. The lowest BCUT2D eigenvalue weighted by molar-refractivity contribution is 0.444. The fraction of sp³-hybridized carbons (Fsp3) is 0.0870. The highest BCUT2D eigenvalue weighted by atomic mass is 32.3. The molecule has 0 saturated heterocycles. The number of aryl methyl sites for hydroxylation is 1. The van der Waals surface area contributed by atoms with E-state index in [4.69, 9.17) is 0 Å². The lowest BCUT2D eigenvalue weighted by Gasteiger charge is -2.35. The summed E-state index contributed by atoms with van der Waals surface area (Å²) in [7, 11) is -3.85. The highest BCUT2D eigenvalue weighted by molar-refractivity contribution is 8.23. The van der Waals surface area contributed by atoms with Crippen LogP contribution in [-0.2, 0) is 6.54 Å². The monoisotopic (exact) mass is 464 g/mol. The van der Waals surface area contributed by atoms with Crippen molar-refractivity contribution in [2.75, 3.05) is 5.32 Å². The number of nitrogens with one attached hydrogen (secondary N) is 1. The summed E-state index contributed by atoms with van der Waals surface area (Å²) < 4.78 is 26.8. The van der Waals surface area contributed by atoms with Crippen LogP contribution in [0.5, 0.6) is 11.5 Å². The molecule has 0 atom stereocenters. The summed E-state index contributed by atoms with van der Waals surface area (Å²) in [5.41, 5.74) is 1.12. The van der Waals surface area contributed by atoms with Crippen LogP contribution in [0.2, 0.25) is 0 Å². The number of aromatic hydroxyl groups is 2. The van der Waals surface area contributed by atoms with Gasteiger partial charge in [0.2, 0.25) is 0 Å². The van der Waals surface area contributed by atoms with Crippen LogP contribution < -0.4 is 10.9 Å². The van der Waals surface area contributed by atoms with Gasteiger partial charge < -0.3 is 15.5 Å². The fourth-order valence-corrected chi connectivity index (χ4v) is 5.23. The van der Waals surface area contributed by atoms with Gasteiger partial charge in [-0.15, -0.1) is 4.40 Å². The Balaban J connectivity index is 1.77. The van der Waals surface area contributed by atoms with E-state index in [2.05, 4.69) is 14.7 Å². The Labute approximate surface area is 189 Å². The van der Waals surface area contributed by atoms with Gasteiger partial charge in [0.25, 0.3) is 5.56 Å². The minimum absolute atomic E-state index is 0.155. The molecule has 0 fully saturated rings. The van der Waals surface area contributed by atoms with E-state index in [1.807, 2.05) is 30.3 Å². The third kappa shape index (κ3) is 3.41. The normalized spacial score (nSPS) is 15.4. The van der Waals surface area contributed by atoms with E-state index in [1.54, 1.807) is 25.1 Å². The average molecular weight is 465 g/mol. The highest BCUT2D eigenvalue weighted by Crippen LogP contribution is 2.59. The van der Waals surface area contributed by atoms with Crippen LogP contribution in [0.15, 0.2) is 74.9 Å². The molecule has 5 N–H and O–H groups in total. The summed E-state index contributed by atoms with van der Waals surface area (Å²) in [5.74, 6) is -0.916. The van der Waals surface area contributed by atoms with Crippen LogP contribution in [0.3, 0.4) is 0 Å². The van der Waals surface area contributed by atoms with Gasteiger partial charge in [-0.2, -0.15) is 0 Å². The quantitative estimate of drug-likeness (QED) is 0.308. The number of amidine groups is 1. The molecule has 0 spiro atoms. The van der Waals surface area contributed by atoms with Crippen LogP contribution in [0.25, 0.3) is 11.0 Å². The molecule has 3 heterocycles. The third-order valence-corrected chi connectivity index (χ3v) is 6.89. The zero-order chi connectivity index (χ0) is 23.3. The second-order valence-electron chi connectivity index (χ2n) is 7.66. The van der Waals surface area contributed by atoms with Gasteiger partial charge in [-0.1, -0.05) is 47.2 Å². The van der Waals surface area contributed by atoms with Gasteiger partial charge >= 0.3 is 0 Å². The molecule has 0 unspecified atom stereocenters. The maximum Gasteiger partial charge on any atom is 0.267 e. The van der Waals surface area contributed by atoms with Crippen molar-refractivity contribution in [1.82, 2.24) is 9.55 Å². The number of nitrogens with zero attached hydrogens (tertiary/aromatic N) is 3. The first-order chi connectivity index (χ1) is 15.8. The number of benzene rings is 2. The van der Waals surface area contributed by atoms with Gasteiger partial charge in [-0.3, -0.25) is 18.5 Å². The first-order valence-electron chi connectivity index (χ1n) is 10.0. The Morgan fingerprint density at radius 1 is 1.03 bits per heavy atom. The van der Waals surface area contributed by atoms with Gasteiger partial charge in [0.05, 0.1) is 17.6 Å². The molecule has 0 aliphatic carbocycles. The van der Waals surface area contributed by atoms with Crippen molar-refractivity contribution >= 4 is 33.3 Å². The van der Waals surface area contributed by atoms with Gasteiger partial charge in [-0.05, 0) is 36.2 Å². The van der Waals surface area contributed by atoms with Crippen molar-refractivity contribution in [3.63, 3.8) is 0 Å². The third-order valence-electron chi connectivity index (χ3n) is 5.49. The standard InChI is InChI=1S/C23H20N4O5S/c1-13-9-10-16(28)20-18(13)25-21(26-33(20,31)32)17-19(29)15-8-5-11-24-22(15)27(23(17)30)12-14-6-3-2-4-7-14/h2-11,28-29,31-32H,12H2,1H3,(H,25,26). The number of hydrogen-bond donors (Lipinski definition) is 5. The molecule has 4 aromatic rings. The van der Waals surface area contributed by atoms with Gasteiger partial charge in [-0.25, -0.2) is 4.98 Å². The van der Waals surface area contributed by atoms with Gasteiger partial charge in [0.15, 0.2) is 5.84 Å². The number of aromatic nitrogens is 2. The molecule has 168 valence electrons. The van der Waals surface area contributed by atoms with Crippen LogP contribution in [0.1, 0.15) is 16.7 Å². The summed E-state index contributed by atoms with van der Waals surface area (Å²) in [6.07, 6.45) is 1.53. The van der Waals surface area contributed by atoms with Crippen LogP contribution in [0, 0.1) is 6.92 Å². The molecular weight excluding hydrogens is 444 g/mol. The second kappa shape index (κ2) is 7.62. The van der Waals surface area contributed by atoms with Crippen molar-refractivity contribution in [2.45, 2.75) is 18.4 Å². The molecule has 0 radical (unpaired) electrons. The molecule has 10 heteroatoms. The summed E-state index contributed by atoms with van der Waals surface area (Å²) in [6.45, 7) is 1.89. The largest absolute Gasteiger partial charge is 0.506 e. The lowest BCUT2D eigenvalue weighted by atomic mass is 10.1. The number of fused-ring (bicyclic) bond motifs is 2. The maximum atomic E-state index is 13.6. The second-order valence-corrected chi connectivity index (χ2v) is 9.29. The lowest BCUT2D eigenvalue weighted by Crippen LogP contribution is -2.33. The Hall–Kier alpha value is -3.86. The number of rotatable bonds is 3. The predicted molar refractivity (Wildman–Crippen MR) is 127 cm³/mol. The molecule has 2 aromatic heterocycles. The Bertz CT molecular complexity index is 1500. The Kier molecular flexibility index (Phi) is 4.85. The molecular formula is C23H20N4O5S. The number of hydrogen-bond acceptors (Lipinski definition) is 8. The topological polar surface area (TPSA) is 140 Å². The van der Waals surface area contributed by atoms with Crippen molar-refractivity contribution in [1.29, 1.82) is 0 Å². The van der Waals surface area contributed by atoms with E-state index in [0.717, 1.165) is 5.56 Å². The minimum atomic E-state index is -3.85. The highest BCUT2D eigenvalue weighted by Gasteiger charge is 2.33. The van der Waals surface area contributed by atoms with Crippen LogP contribution >= 0.6 is 10.8 Å². The van der Waals surface area contributed by atoms with Crippen LogP contribution in [0.4, 0.5) is 5.69 Å². The van der Waals surface area contributed by atoms with E-state index < -0.39 is 16.3 Å². The van der Waals surface area contributed by atoms with Crippen molar-refractivity contribution in [2.24, 2.45) is 4.40 Å². The maximum absolute atomic E-state index is 13.6. The summed E-state index contributed by atoms with van der Waals surface area (Å²) >= 11 is 0. The number of phenols is 1. The van der Waals surface area contributed by atoms with E-state index in [9.17, 15) is 24.1 Å². The van der Waals surface area contributed by atoms with Crippen LogP contribution in [-0.4, -0.2) is 34.7 Å². The Morgan fingerprint density at radius 2 is 1.79 bits per heavy atom. The van der Waals surface area contributed by atoms with Crippen molar-refractivity contribution in [3.8, 4) is 11.5 Å². The average Bonchev–Trinajstić information content (AvgIpc) is 2.79. The van der Waals surface area contributed by atoms with E-state index >= 15 is 0 Å². The molecule has 0 bridgehead atoms. The summed E-state index contributed by atoms with van der Waals surface area (Å²) in [4.78, 5) is 17.8. The zero-order valence-corrected chi connectivity index (χ0v) is 18.2. The summed E-state index contributed by atoms with van der Waals surface area (Å²) in [6, 6.07) is 15.5. The molecule has 9 nitrogen and oxygen atoms in total. The number of pyridine rings is 2. The predicted octanol–water partition coefficient (Wildman–Crippen LogP) is 4.06. The summed E-state index contributed by atoms with van der Waals surface area (Å²) in [5, 5.41) is 24.5. The molecule has 1 aliphatic heterocycles. The zero-order valence-electron chi connectivity index (χ0n) is 17.4. The SMILES string of the molecule is Cc1ccc(O)c2c1NC(c1c(O)c3cccnc3n(Cc3ccccc3)c1=O)=NS2(O)O. The first-order valence-corrected chi connectivity index (χ1v) is 11.5. The number of anilines is 1. The molecule has 2 aromatic carbocycles. The first kappa shape index (κ1) is 21.0. The van der Waals surface area contributed by atoms with Gasteiger partial charge in [0.1, 0.15) is 27.6 Å². The van der Waals surface area contributed by atoms with Crippen molar-refractivity contribution in [3.05, 3.63) is 87.8 Å².